The van der Waals surface area contributed by atoms with Crippen molar-refractivity contribution < 1.29 is 14.3 Å². The minimum atomic E-state index is 0.0365. The maximum absolute atomic E-state index is 12.6. The van der Waals surface area contributed by atoms with E-state index in [4.69, 9.17) is 4.74 Å². The molecule has 1 aromatic carbocycles. The molecule has 0 aliphatic carbocycles. The van der Waals surface area contributed by atoms with E-state index >= 15 is 0 Å². The van der Waals surface area contributed by atoms with E-state index in [1.165, 1.54) is 0 Å². The van der Waals surface area contributed by atoms with E-state index in [1.807, 2.05) is 50.9 Å². The molecule has 0 spiro atoms. The number of nitrogens with zero attached hydrogens (tertiary/aromatic N) is 4. The van der Waals surface area contributed by atoms with Crippen molar-refractivity contribution in [1.29, 1.82) is 0 Å². The maximum atomic E-state index is 12.6. The molecule has 0 bridgehead atoms. The third-order valence-corrected chi connectivity index (χ3v) is 5.59. The molecule has 0 atom stereocenters. The van der Waals surface area contributed by atoms with Crippen LogP contribution < -0.4 is 4.74 Å². The van der Waals surface area contributed by atoms with E-state index in [-0.39, 0.29) is 11.8 Å². The second-order valence-electron chi connectivity index (χ2n) is 7.63. The van der Waals surface area contributed by atoms with Crippen molar-refractivity contribution in [3.05, 3.63) is 48.0 Å². The highest BCUT2D eigenvalue weighted by atomic mass is 16.5. The highest BCUT2D eigenvalue weighted by Crippen LogP contribution is 2.16. The lowest BCUT2D eigenvalue weighted by molar-refractivity contribution is -0.131. The molecule has 0 unspecified atom stereocenters. The van der Waals surface area contributed by atoms with Gasteiger partial charge < -0.3 is 19.1 Å². The zero-order valence-corrected chi connectivity index (χ0v) is 16.8. The standard InChI is InChI=1S/C22H28N4O3/c27-21(9-6-16-29-18-7-2-1-3-8-18)24-13-10-20-23-19(17-26(20)15-14-24)22(28)25-11-4-5-12-25/h1-3,7-8,17H,4-6,9-16H2. The lowest BCUT2D eigenvalue weighted by Crippen LogP contribution is -2.33. The largest absolute Gasteiger partial charge is 0.494 e. The molecule has 2 aliphatic rings. The Morgan fingerprint density at radius 1 is 0.966 bits per heavy atom. The van der Waals surface area contributed by atoms with Gasteiger partial charge in [-0.2, -0.15) is 0 Å². The number of ether oxygens (including phenoxy) is 1. The van der Waals surface area contributed by atoms with Crippen LogP contribution in [0, 0.1) is 0 Å². The number of hydrogen-bond donors (Lipinski definition) is 0. The van der Waals surface area contributed by atoms with Crippen LogP contribution in [-0.4, -0.2) is 64.0 Å². The van der Waals surface area contributed by atoms with Gasteiger partial charge in [0, 0.05) is 51.8 Å². The molecule has 7 heteroatoms. The zero-order valence-electron chi connectivity index (χ0n) is 16.8. The molecule has 154 valence electrons. The molecular weight excluding hydrogens is 368 g/mol. The van der Waals surface area contributed by atoms with Crippen LogP contribution in [0.25, 0.3) is 0 Å². The number of hydrogen-bond acceptors (Lipinski definition) is 4. The molecule has 2 aliphatic heterocycles. The fraction of sp³-hybridized carbons (Fsp3) is 0.500. The van der Waals surface area contributed by atoms with Crippen LogP contribution >= 0.6 is 0 Å². The first-order valence-electron chi connectivity index (χ1n) is 10.5. The number of para-hydroxylation sites is 1. The molecule has 4 rings (SSSR count). The molecule has 2 aromatic rings. The number of likely N-dealkylation sites (tertiary alicyclic amines) is 1. The van der Waals surface area contributed by atoms with Gasteiger partial charge in [-0.1, -0.05) is 18.2 Å². The molecule has 7 nitrogen and oxygen atoms in total. The first kappa shape index (κ1) is 19.5. The van der Waals surface area contributed by atoms with Crippen LogP contribution in [-0.2, 0) is 17.8 Å². The quantitative estimate of drug-likeness (QED) is 0.703. The van der Waals surface area contributed by atoms with E-state index < -0.39 is 0 Å². The third-order valence-electron chi connectivity index (χ3n) is 5.59. The minimum Gasteiger partial charge on any atom is -0.494 e. The number of carbonyl (C=O) groups excluding carboxylic acids is 2. The van der Waals surface area contributed by atoms with Crippen molar-refractivity contribution in [3.63, 3.8) is 0 Å². The first-order chi connectivity index (χ1) is 14.2. The number of rotatable bonds is 6. The summed E-state index contributed by atoms with van der Waals surface area (Å²) in [5.74, 6) is 1.92. The van der Waals surface area contributed by atoms with E-state index in [0.29, 0.717) is 51.2 Å². The van der Waals surface area contributed by atoms with Crippen molar-refractivity contribution in [2.75, 3.05) is 32.8 Å². The fourth-order valence-corrected chi connectivity index (χ4v) is 3.95. The molecule has 1 saturated heterocycles. The van der Waals surface area contributed by atoms with Crippen LogP contribution in [0.4, 0.5) is 0 Å². The van der Waals surface area contributed by atoms with Crippen LogP contribution in [0.5, 0.6) is 5.75 Å². The molecule has 2 amide bonds. The Morgan fingerprint density at radius 3 is 2.55 bits per heavy atom. The smallest absolute Gasteiger partial charge is 0.274 e. The van der Waals surface area contributed by atoms with Gasteiger partial charge in [-0.05, 0) is 31.4 Å². The Bertz CT molecular complexity index is 817. The van der Waals surface area contributed by atoms with Crippen molar-refractivity contribution in [2.24, 2.45) is 0 Å². The fourth-order valence-electron chi connectivity index (χ4n) is 3.95. The SMILES string of the molecule is O=C(CCCOc1ccccc1)N1CCc2nc(C(=O)N3CCCC3)cn2CC1. The first-order valence-corrected chi connectivity index (χ1v) is 10.5. The maximum Gasteiger partial charge on any atom is 0.274 e. The highest BCUT2D eigenvalue weighted by Gasteiger charge is 2.25. The Kier molecular flexibility index (Phi) is 6.12. The van der Waals surface area contributed by atoms with Gasteiger partial charge in [-0.15, -0.1) is 0 Å². The molecule has 0 saturated carbocycles. The van der Waals surface area contributed by atoms with Crippen LogP contribution in [0.1, 0.15) is 42.0 Å². The summed E-state index contributed by atoms with van der Waals surface area (Å²) in [5, 5.41) is 0. The molecular formula is C22H28N4O3. The predicted octanol–water partition coefficient (Wildman–Crippen LogP) is 2.36. The number of benzene rings is 1. The van der Waals surface area contributed by atoms with Crippen LogP contribution in [0.3, 0.4) is 0 Å². The molecule has 29 heavy (non-hydrogen) atoms. The highest BCUT2D eigenvalue weighted by molar-refractivity contribution is 5.92. The molecule has 0 N–H and O–H groups in total. The van der Waals surface area contributed by atoms with Gasteiger partial charge in [0.05, 0.1) is 6.61 Å². The van der Waals surface area contributed by atoms with Crippen molar-refractivity contribution in [3.8, 4) is 5.75 Å². The zero-order chi connectivity index (χ0) is 20.1. The molecule has 3 heterocycles. The monoisotopic (exact) mass is 396 g/mol. The van der Waals surface area contributed by atoms with Gasteiger partial charge in [0.1, 0.15) is 17.3 Å². The van der Waals surface area contributed by atoms with E-state index in [0.717, 1.165) is 37.5 Å². The van der Waals surface area contributed by atoms with Crippen LogP contribution in [0.2, 0.25) is 0 Å². The van der Waals surface area contributed by atoms with Crippen molar-refractivity contribution >= 4 is 11.8 Å². The van der Waals surface area contributed by atoms with Gasteiger partial charge in [0.15, 0.2) is 0 Å². The summed E-state index contributed by atoms with van der Waals surface area (Å²) >= 11 is 0. The Labute approximate surface area is 171 Å². The molecule has 1 aromatic heterocycles. The van der Waals surface area contributed by atoms with Crippen LogP contribution in [0.15, 0.2) is 36.5 Å². The Hall–Kier alpha value is -2.83. The van der Waals surface area contributed by atoms with E-state index in [1.54, 1.807) is 0 Å². The van der Waals surface area contributed by atoms with Gasteiger partial charge in [0.2, 0.25) is 5.91 Å². The lowest BCUT2D eigenvalue weighted by atomic mass is 10.2. The summed E-state index contributed by atoms with van der Waals surface area (Å²) in [4.78, 5) is 33.5. The number of amides is 2. The summed E-state index contributed by atoms with van der Waals surface area (Å²) in [5.41, 5.74) is 0.541. The van der Waals surface area contributed by atoms with Crippen molar-refractivity contribution in [2.45, 2.75) is 38.6 Å². The normalized spacial score (nSPS) is 16.4. The second kappa shape index (κ2) is 9.11. The van der Waals surface area contributed by atoms with Gasteiger partial charge in [0.25, 0.3) is 5.91 Å². The summed E-state index contributed by atoms with van der Waals surface area (Å²) in [6.07, 6.45) is 5.87. The summed E-state index contributed by atoms with van der Waals surface area (Å²) in [7, 11) is 0. The molecule has 0 radical (unpaired) electrons. The number of fused-ring (bicyclic) bond motifs is 1. The van der Waals surface area contributed by atoms with Gasteiger partial charge in [-0.3, -0.25) is 9.59 Å². The average Bonchev–Trinajstić information content (AvgIpc) is 3.38. The second-order valence-corrected chi connectivity index (χ2v) is 7.63. The van der Waals surface area contributed by atoms with E-state index in [2.05, 4.69) is 4.98 Å². The average molecular weight is 396 g/mol. The number of imidazole rings is 1. The van der Waals surface area contributed by atoms with E-state index in [9.17, 15) is 9.59 Å². The Morgan fingerprint density at radius 2 is 1.76 bits per heavy atom. The summed E-state index contributed by atoms with van der Waals surface area (Å²) in [6, 6.07) is 9.66. The predicted molar refractivity (Wildman–Crippen MR) is 109 cm³/mol. The van der Waals surface area contributed by atoms with Crippen molar-refractivity contribution in [1.82, 2.24) is 19.4 Å². The number of aromatic nitrogens is 2. The summed E-state index contributed by atoms with van der Waals surface area (Å²) in [6.45, 7) is 4.18. The third kappa shape index (κ3) is 4.78. The lowest BCUT2D eigenvalue weighted by Gasteiger charge is -2.20. The topological polar surface area (TPSA) is 67.7 Å². The summed E-state index contributed by atoms with van der Waals surface area (Å²) < 4.78 is 7.70. The van der Waals surface area contributed by atoms with Gasteiger partial charge in [-0.25, -0.2) is 4.98 Å². The minimum absolute atomic E-state index is 0.0365. The number of carbonyl (C=O) groups is 2. The van der Waals surface area contributed by atoms with Gasteiger partial charge >= 0.3 is 0 Å². The molecule has 1 fully saturated rings. The Balaban J connectivity index is 1.24.